The molecule has 0 aliphatic rings. The number of fused-ring (bicyclic) bond motifs is 1. The first-order chi connectivity index (χ1) is 9.69. The van der Waals surface area contributed by atoms with Crippen molar-refractivity contribution in [3.63, 3.8) is 0 Å². The minimum Gasteiger partial charge on any atom is -0.458 e. The molecule has 20 heavy (non-hydrogen) atoms. The van der Waals surface area contributed by atoms with Crippen LogP contribution >= 0.6 is 15.9 Å². The van der Waals surface area contributed by atoms with Gasteiger partial charge in [0.15, 0.2) is 0 Å². The summed E-state index contributed by atoms with van der Waals surface area (Å²) in [6.07, 6.45) is 0. The molecule has 0 spiro atoms. The molecule has 4 heteroatoms. The fourth-order valence-electron chi connectivity index (χ4n) is 2.29. The van der Waals surface area contributed by atoms with Crippen molar-refractivity contribution in [2.75, 3.05) is 0 Å². The normalized spacial score (nSPS) is 12.8. The third-order valence-corrected chi connectivity index (χ3v) is 4.00. The zero-order chi connectivity index (χ0) is 14.1. The minimum absolute atomic E-state index is 0.158. The van der Waals surface area contributed by atoms with Crippen LogP contribution in [0.4, 0.5) is 0 Å². The second-order valence-electron chi connectivity index (χ2n) is 4.82. The Morgan fingerprint density at radius 2 is 1.90 bits per heavy atom. The number of para-hydroxylation sites is 1. The number of rotatable bonds is 3. The first-order valence-electron chi connectivity index (χ1n) is 6.39. The van der Waals surface area contributed by atoms with Gasteiger partial charge in [-0.05, 0) is 40.5 Å². The van der Waals surface area contributed by atoms with Gasteiger partial charge in [-0.15, -0.1) is 0 Å². The molecule has 0 fully saturated rings. The van der Waals surface area contributed by atoms with Crippen LogP contribution in [0, 0.1) is 6.92 Å². The predicted octanol–water partition coefficient (Wildman–Crippen LogP) is 4.06. The number of furan rings is 1. The van der Waals surface area contributed by atoms with Crippen molar-refractivity contribution in [1.82, 2.24) is 5.43 Å². The number of nitrogens with one attached hydrogen (secondary N) is 1. The maximum absolute atomic E-state index is 5.95. The minimum atomic E-state index is -0.158. The zero-order valence-corrected chi connectivity index (χ0v) is 12.6. The van der Waals surface area contributed by atoms with Crippen molar-refractivity contribution in [2.45, 2.75) is 13.0 Å². The van der Waals surface area contributed by atoms with Crippen LogP contribution in [0.3, 0.4) is 0 Å². The lowest BCUT2D eigenvalue weighted by Gasteiger charge is -2.13. The summed E-state index contributed by atoms with van der Waals surface area (Å²) in [5.74, 6) is 6.52. The molecule has 0 aliphatic carbocycles. The van der Waals surface area contributed by atoms with E-state index in [-0.39, 0.29) is 6.04 Å². The monoisotopic (exact) mass is 330 g/mol. The first kappa shape index (κ1) is 13.4. The number of nitrogens with two attached hydrogens (primary N) is 1. The van der Waals surface area contributed by atoms with E-state index in [1.807, 2.05) is 24.3 Å². The molecule has 0 bridgehead atoms. The summed E-state index contributed by atoms with van der Waals surface area (Å²) in [4.78, 5) is 0. The van der Waals surface area contributed by atoms with Gasteiger partial charge in [-0.3, -0.25) is 5.84 Å². The second-order valence-corrected chi connectivity index (χ2v) is 5.67. The lowest BCUT2D eigenvalue weighted by atomic mass is 10.0. The van der Waals surface area contributed by atoms with Crippen molar-refractivity contribution >= 4 is 26.9 Å². The van der Waals surface area contributed by atoms with Gasteiger partial charge in [-0.1, -0.05) is 42.0 Å². The van der Waals surface area contributed by atoms with Gasteiger partial charge in [-0.25, -0.2) is 5.43 Å². The van der Waals surface area contributed by atoms with E-state index >= 15 is 0 Å². The van der Waals surface area contributed by atoms with Gasteiger partial charge >= 0.3 is 0 Å². The van der Waals surface area contributed by atoms with Crippen LogP contribution in [-0.2, 0) is 0 Å². The Morgan fingerprint density at radius 3 is 2.55 bits per heavy atom. The smallest absolute Gasteiger partial charge is 0.148 e. The quantitative estimate of drug-likeness (QED) is 0.562. The molecule has 1 aromatic heterocycles. The molecule has 0 radical (unpaired) electrons. The first-order valence-corrected chi connectivity index (χ1v) is 7.19. The summed E-state index contributed by atoms with van der Waals surface area (Å²) < 4.78 is 6.89. The Bertz CT molecular complexity index is 734. The summed E-state index contributed by atoms with van der Waals surface area (Å²) in [6, 6.07) is 16.1. The Hall–Kier alpha value is -1.62. The highest BCUT2D eigenvalue weighted by Crippen LogP contribution is 2.31. The van der Waals surface area contributed by atoms with Crippen LogP contribution < -0.4 is 11.3 Å². The molecule has 1 heterocycles. The van der Waals surface area contributed by atoms with E-state index in [1.165, 1.54) is 5.56 Å². The van der Waals surface area contributed by atoms with E-state index in [0.717, 1.165) is 26.8 Å². The molecular weight excluding hydrogens is 316 g/mol. The van der Waals surface area contributed by atoms with Crippen molar-refractivity contribution < 1.29 is 4.42 Å². The number of hydrogen-bond acceptors (Lipinski definition) is 3. The van der Waals surface area contributed by atoms with Crippen molar-refractivity contribution in [3.05, 3.63) is 69.9 Å². The van der Waals surface area contributed by atoms with Gasteiger partial charge in [0.05, 0.1) is 4.47 Å². The van der Waals surface area contributed by atoms with E-state index < -0.39 is 0 Å². The molecule has 3 nitrogen and oxygen atoms in total. The van der Waals surface area contributed by atoms with Crippen molar-refractivity contribution in [2.24, 2.45) is 5.84 Å². The van der Waals surface area contributed by atoms with Gasteiger partial charge in [0.2, 0.25) is 0 Å². The molecule has 3 aromatic rings. The maximum Gasteiger partial charge on any atom is 0.148 e. The van der Waals surface area contributed by atoms with E-state index in [9.17, 15) is 0 Å². The van der Waals surface area contributed by atoms with Crippen LogP contribution in [0.1, 0.15) is 22.9 Å². The lowest BCUT2D eigenvalue weighted by molar-refractivity contribution is 0.476. The topological polar surface area (TPSA) is 51.2 Å². The van der Waals surface area contributed by atoms with Crippen molar-refractivity contribution in [1.29, 1.82) is 0 Å². The van der Waals surface area contributed by atoms with Gasteiger partial charge in [0.1, 0.15) is 17.4 Å². The molecule has 0 aliphatic heterocycles. The maximum atomic E-state index is 5.95. The number of benzene rings is 2. The molecule has 102 valence electrons. The molecule has 0 saturated heterocycles. The molecule has 1 unspecified atom stereocenters. The molecule has 1 atom stereocenters. The highest BCUT2D eigenvalue weighted by molar-refractivity contribution is 9.10. The largest absolute Gasteiger partial charge is 0.458 e. The third-order valence-electron chi connectivity index (χ3n) is 3.38. The summed E-state index contributed by atoms with van der Waals surface area (Å²) in [7, 11) is 0. The summed E-state index contributed by atoms with van der Waals surface area (Å²) in [5.41, 5.74) is 5.96. The van der Waals surface area contributed by atoms with Gasteiger partial charge in [-0.2, -0.15) is 0 Å². The van der Waals surface area contributed by atoms with Crippen LogP contribution in [0.25, 0.3) is 11.0 Å². The number of hydrazine groups is 1. The third kappa shape index (κ3) is 2.38. The Labute approximate surface area is 125 Å². The highest BCUT2D eigenvalue weighted by Gasteiger charge is 2.17. The van der Waals surface area contributed by atoms with Gasteiger partial charge < -0.3 is 4.42 Å². The Kier molecular flexibility index (Phi) is 3.61. The summed E-state index contributed by atoms with van der Waals surface area (Å²) in [6.45, 7) is 2.06. The Balaban J connectivity index is 2.07. The van der Waals surface area contributed by atoms with E-state index in [0.29, 0.717) is 0 Å². The SMILES string of the molecule is Cc1ccc(C(NN)c2cc3cccc(Br)c3o2)cc1. The number of aryl methyl sites for hydroxylation is 1. The van der Waals surface area contributed by atoms with Crippen molar-refractivity contribution in [3.8, 4) is 0 Å². The van der Waals surface area contributed by atoms with E-state index in [2.05, 4.69) is 52.5 Å². The molecule has 0 amide bonds. The lowest BCUT2D eigenvalue weighted by Crippen LogP contribution is -2.28. The Morgan fingerprint density at radius 1 is 1.15 bits per heavy atom. The number of hydrogen-bond donors (Lipinski definition) is 2. The van der Waals surface area contributed by atoms with Crippen LogP contribution in [-0.4, -0.2) is 0 Å². The molecular formula is C16H15BrN2O. The van der Waals surface area contributed by atoms with Gasteiger partial charge in [0.25, 0.3) is 0 Å². The molecule has 2 aromatic carbocycles. The molecule has 3 rings (SSSR count). The summed E-state index contributed by atoms with van der Waals surface area (Å²) >= 11 is 3.50. The van der Waals surface area contributed by atoms with E-state index in [4.69, 9.17) is 10.3 Å². The fraction of sp³-hybridized carbons (Fsp3) is 0.125. The second kappa shape index (κ2) is 5.40. The van der Waals surface area contributed by atoms with E-state index in [1.54, 1.807) is 0 Å². The highest BCUT2D eigenvalue weighted by atomic mass is 79.9. The number of halogens is 1. The van der Waals surface area contributed by atoms with Crippen LogP contribution in [0.15, 0.2) is 57.4 Å². The van der Waals surface area contributed by atoms with Crippen LogP contribution in [0.5, 0.6) is 0 Å². The average molecular weight is 331 g/mol. The summed E-state index contributed by atoms with van der Waals surface area (Å²) in [5, 5.41) is 1.06. The predicted molar refractivity (Wildman–Crippen MR) is 84.3 cm³/mol. The van der Waals surface area contributed by atoms with Crippen LogP contribution in [0.2, 0.25) is 0 Å². The molecule has 3 N–H and O–H groups in total. The average Bonchev–Trinajstić information content (AvgIpc) is 2.87. The zero-order valence-electron chi connectivity index (χ0n) is 11.1. The standard InChI is InChI=1S/C16H15BrN2O/c1-10-5-7-11(8-6-10)15(19-18)14-9-12-3-2-4-13(17)16(12)20-14/h2-9,15,19H,18H2,1H3. The molecule has 0 saturated carbocycles. The van der Waals surface area contributed by atoms with Gasteiger partial charge in [0, 0.05) is 5.39 Å². The fourth-order valence-corrected chi connectivity index (χ4v) is 2.75.